The van der Waals surface area contributed by atoms with E-state index in [1.165, 1.54) is 4.68 Å². The number of nitriles is 1. The van der Waals surface area contributed by atoms with Crippen molar-refractivity contribution in [3.63, 3.8) is 0 Å². The minimum Gasteiger partial charge on any atom is -0.266 e. The summed E-state index contributed by atoms with van der Waals surface area (Å²) in [5.41, 5.74) is 0.535. The second-order valence-electron chi connectivity index (χ2n) is 3.09. The Morgan fingerprint density at radius 1 is 1.53 bits per heavy atom. The van der Waals surface area contributed by atoms with Gasteiger partial charge < -0.3 is 0 Å². The molecule has 0 N–H and O–H groups in total. The van der Waals surface area contributed by atoms with Gasteiger partial charge in [-0.05, 0) is 12.1 Å². The van der Waals surface area contributed by atoms with E-state index in [0.717, 1.165) is 0 Å². The molecule has 0 atom stereocenters. The van der Waals surface area contributed by atoms with Crippen LogP contribution in [0.4, 0.5) is 0 Å². The van der Waals surface area contributed by atoms with E-state index in [9.17, 15) is 4.79 Å². The molecule has 0 saturated carbocycles. The molecule has 0 aliphatic carbocycles. The van der Waals surface area contributed by atoms with Crippen LogP contribution in [0.2, 0.25) is 0 Å². The van der Waals surface area contributed by atoms with Gasteiger partial charge in [0.25, 0.3) is 5.56 Å². The van der Waals surface area contributed by atoms with Crippen LogP contribution in [0.5, 0.6) is 0 Å². The van der Waals surface area contributed by atoms with E-state index in [2.05, 4.69) is 6.58 Å². The van der Waals surface area contributed by atoms with Crippen molar-refractivity contribution in [2.45, 2.75) is 6.54 Å². The summed E-state index contributed by atoms with van der Waals surface area (Å²) in [4.78, 5) is 11.8. The lowest BCUT2D eigenvalue weighted by molar-refractivity contribution is 0.629. The second-order valence-corrected chi connectivity index (χ2v) is 3.09. The molecule has 0 unspecified atom stereocenters. The van der Waals surface area contributed by atoms with Gasteiger partial charge in [-0.25, -0.2) is 4.68 Å². The maximum atomic E-state index is 11.8. The summed E-state index contributed by atoms with van der Waals surface area (Å²) in [7, 11) is 0. The SMILES string of the molecule is C=CCn1c(=O)c(C#N)c2ccccn21. The van der Waals surface area contributed by atoms with Crippen LogP contribution in [0.25, 0.3) is 5.52 Å². The fourth-order valence-electron chi connectivity index (χ4n) is 1.58. The topological polar surface area (TPSA) is 50.2 Å². The molecule has 2 heterocycles. The van der Waals surface area contributed by atoms with Crippen LogP contribution in [0.15, 0.2) is 41.8 Å². The second kappa shape index (κ2) is 3.46. The van der Waals surface area contributed by atoms with Gasteiger partial charge in [0.05, 0.1) is 12.1 Å². The van der Waals surface area contributed by atoms with E-state index in [4.69, 9.17) is 5.26 Å². The van der Waals surface area contributed by atoms with Crippen molar-refractivity contribution in [2.75, 3.05) is 0 Å². The molecule has 4 heteroatoms. The molecule has 4 nitrogen and oxygen atoms in total. The number of hydrogen-bond acceptors (Lipinski definition) is 2. The quantitative estimate of drug-likeness (QED) is 0.681. The highest BCUT2D eigenvalue weighted by atomic mass is 16.1. The first-order valence-corrected chi connectivity index (χ1v) is 4.50. The van der Waals surface area contributed by atoms with Crippen LogP contribution < -0.4 is 5.56 Å². The molecule has 0 aliphatic heterocycles. The lowest BCUT2D eigenvalue weighted by atomic mass is 10.3. The third-order valence-corrected chi connectivity index (χ3v) is 2.22. The highest BCUT2D eigenvalue weighted by Gasteiger charge is 2.11. The predicted molar refractivity (Wildman–Crippen MR) is 56.6 cm³/mol. The van der Waals surface area contributed by atoms with E-state index in [-0.39, 0.29) is 11.1 Å². The molecule has 0 amide bonds. The van der Waals surface area contributed by atoms with Gasteiger partial charge in [0.2, 0.25) is 0 Å². The Kier molecular flexibility index (Phi) is 2.14. The van der Waals surface area contributed by atoms with Crippen molar-refractivity contribution < 1.29 is 0 Å². The summed E-state index contributed by atoms with van der Waals surface area (Å²) < 4.78 is 3.14. The molecule has 74 valence electrons. The van der Waals surface area contributed by atoms with E-state index in [1.54, 1.807) is 28.9 Å². The highest BCUT2D eigenvalue weighted by molar-refractivity contribution is 5.59. The highest BCUT2D eigenvalue weighted by Crippen LogP contribution is 2.06. The number of pyridine rings is 1. The first-order chi connectivity index (χ1) is 7.29. The summed E-state index contributed by atoms with van der Waals surface area (Å²) in [6.45, 7) is 3.98. The monoisotopic (exact) mass is 199 g/mol. The van der Waals surface area contributed by atoms with E-state index < -0.39 is 0 Å². The van der Waals surface area contributed by atoms with Crippen molar-refractivity contribution in [2.24, 2.45) is 0 Å². The first-order valence-electron chi connectivity index (χ1n) is 4.50. The number of hydrogen-bond donors (Lipinski definition) is 0. The molecule has 2 rings (SSSR count). The van der Waals surface area contributed by atoms with E-state index in [1.807, 2.05) is 12.1 Å². The summed E-state index contributed by atoms with van der Waals surface area (Å²) in [5.74, 6) is 0. The van der Waals surface area contributed by atoms with Crippen LogP contribution in [0.1, 0.15) is 5.56 Å². The van der Waals surface area contributed by atoms with Gasteiger partial charge in [-0.3, -0.25) is 9.31 Å². The third-order valence-electron chi connectivity index (χ3n) is 2.22. The summed E-state index contributed by atoms with van der Waals surface area (Å²) in [6.07, 6.45) is 3.38. The Bertz CT molecular complexity index is 613. The zero-order valence-electron chi connectivity index (χ0n) is 8.05. The molecule has 0 aromatic carbocycles. The van der Waals surface area contributed by atoms with Gasteiger partial charge in [0.1, 0.15) is 11.6 Å². The largest absolute Gasteiger partial charge is 0.285 e. The Labute approximate surface area is 86.3 Å². The number of allylic oxidation sites excluding steroid dienone is 1. The van der Waals surface area contributed by atoms with Crippen LogP contribution in [0.3, 0.4) is 0 Å². The van der Waals surface area contributed by atoms with Crippen molar-refractivity contribution in [3.8, 4) is 6.07 Å². The normalized spacial score (nSPS) is 10.1. The number of aromatic nitrogens is 2. The van der Waals surface area contributed by atoms with Gasteiger partial charge in [-0.15, -0.1) is 6.58 Å². The predicted octanol–water partition coefficient (Wildman–Crippen LogP) is 1.16. The van der Waals surface area contributed by atoms with Gasteiger partial charge in [-0.1, -0.05) is 12.1 Å². The Hall–Kier alpha value is -2.28. The standard InChI is InChI=1S/C11H9N3O/c1-2-6-14-11(15)9(8-12)10-5-3-4-7-13(10)14/h2-5,7H,1,6H2. The van der Waals surface area contributed by atoms with Crippen molar-refractivity contribution >= 4 is 5.52 Å². The Balaban J connectivity index is 2.92. The number of rotatable bonds is 2. The molecule has 2 aromatic heterocycles. The lowest BCUT2D eigenvalue weighted by Gasteiger charge is -2.01. The van der Waals surface area contributed by atoms with Crippen LogP contribution in [-0.2, 0) is 6.54 Å². The van der Waals surface area contributed by atoms with E-state index >= 15 is 0 Å². The molecule has 15 heavy (non-hydrogen) atoms. The third kappa shape index (κ3) is 1.25. The number of nitrogens with zero attached hydrogens (tertiary/aromatic N) is 3. The average molecular weight is 199 g/mol. The maximum Gasteiger partial charge on any atom is 0.285 e. The van der Waals surface area contributed by atoms with E-state index in [0.29, 0.717) is 12.1 Å². The van der Waals surface area contributed by atoms with Gasteiger partial charge in [0.15, 0.2) is 0 Å². The average Bonchev–Trinajstić information content (AvgIpc) is 2.53. The lowest BCUT2D eigenvalue weighted by Crippen LogP contribution is -2.19. The zero-order chi connectivity index (χ0) is 10.8. The first kappa shape index (κ1) is 9.28. The van der Waals surface area contributed by atoms with Gasteiger partial charge in [-0.2, -0.15) is 5.26 Å². The fraction of sp³-hybridized carbons (Fsp3) is 0.0909. The van der Waals surface area contributed by atoms with Crippen molar-refractivity contribution in [1.82, 2.24) is 9.20 Å². The molecule has 2 aromatic rings. The minimum absolute atomic E-state index is 0.178. The van der Waals surface area contributed by atoms with Gasteiger partial charge in [0, 0.05) is 6.20 Å². The van der Waals surface area contributed by atoms with Gasteiger partial charge >= 0.3 is 0 Å². The minimum atomic E-state index is -0.274. The van der Waals surface area contributed by atoms with Crippen molar-refractivity contribution in [1.29, 1.82) is 5.26 Å². The van der Waals surface area contributed by atoms with Crippen molar-refractivity contribution in [3.05, 3.63) is 53.0 Å². The summed E-state index contributed by atoms with van der Waals surface area (Å²) in [6, 6.07) is 7.29. The molecular formula is C11H9N3O. The Morgan fingerprint density at radius 2 is 2.33 bits per heavy atom. The smallest absolute Gasteiger partial charge is 0.266 e. The molecule has 0 radical (unpaired) electrons. The van der Waals surface area contributed by atoms with Crippen LogP contribution in [0, 0.1) is 11.3 Å². The molecule has 0 spiro atoms. The maximum absolute atomic E-state index is 11.8. The molecule has 0 aliphatic rings. The molecule has 0 fully saturated rings. The molecular weight excluding hydrogens is 190 g/mol. The van der Waals surface area contributed by atoms with Crippen LogP contribution >= 0.6 is 0 Å². The van der Waals surface area contributed by atoms with Crippen LogP contribution in [-0.4, -0.2) is 9.20 Å². The Morgan fingerprint density at radius 3 is 3.00 bits per heavy atom. The zero-order valence-corrected chi connectivity index (χ0v) is 8.05. The molecule has 0 bridgehead atoms. The number of fused-ring (bicyclic) bond motifs is 1. The summed E-state index contributed by atoms with van der Waals surface area (Å²) in [5, 5.41) is 8.90. The molecule has 0 saturated heterocycles. The summed E-state index contributed by atoms with van der Waals surface area (Å²) >= 11 is 0. The fourth-order valence-corrected chi connectivity index (χ4v) is 1.58.